The summed E-state index contributed by atoms with van der Waals surface area (Å²) in [5, 5.41) is 3.31. The topological polar surface area (TPSA) is 24.5 Å². The van der Waals surface area contributed by atoms with E-state index in [-0.39, 0.29) is 18.2 Å². The van der Waals surface area contributed by atoms with E-state index in [0.717, 1.165) is 32.5 Å². The second kappa shape index (κ2) is 8.60. The second-order valence-electron chi connectivity index (χ2n) is 5.55. The molecule has 0 unspecified atom stereocenters. The summed E-state index contributed by atoms with van der Waals surface area (Å²) in [5.74, 6) is 0.495. The van der Waals surface area contributed by atoms with Crippen molar-refractivity contribution in [1.29, 1.82) is 0 Å². The summed E-state index contributed by atoms with van der Waals surface area (Å²) in [6.07, 6.45) is -2.42. The number of alkyl halides is 3. The molecule has 2 rings (SSSR count). The van der Waals surface area contributed by atoms with E-state index in [0.29, 0.717) is 18.0 Å². The molecule has 7 heteroatoms. The first-order chi connectivity index (χ1) is 9.94. The van der Waals surface area contributed by atoms with Crippen molar-refractivity contribution in [1.82, 2.24) is 10.2 Å². The van der Waals surface area contributed by atoms with Gasteiger partial charge < -0.3 is 15.0 Å². The Morgan fingerprint density at radius 1 is 1.23 bits per heavy atom. The van der Waals surface area contributed by atoms with Crippen molar-refractivity contribution in [3.8, 4) is 5.75 Å². The van der Waals surface area contributed by atoms with Crippen molar-refractivity contribution in [2.45, 2.75) is 25.7 Å². The summed E-state index contributed by atoms with van der Waals surface area (Å²) in [5.41, 5.74) is 0.561. The molecule has 0 bridgehead atoms. The molecule has 22 heavy (non-hydrogen) atoms. The Balaban J connectivity index is 0.00000242. The van der Waals surface area contributed by atoms with Gasteiger partial charge in [0.15, 0.2) is 0 Å². The van der Waals surface area contributed by atoms with E-state index in [2.05, 4.69) is 15.0 Å². The molecular formula is C15H22ClF3N2O. The maximum atomic E-state index is 12.4. The molecule has 0 aliphatic carbocycles. The highest BCUT2D eigenvalue weighted by Crippen LogP contribution is 2.27. The average molecular weight is 339 g/mol. The molecular weight excluding hydrogens is 317 g/mol. The SMILES string of the molecule is CN(Cc1ccccc1OC(F)(F)F)CC1CCNCC1.Cl. The molecule has 0 amide bonds. The molecule has 0 aromatic heterocycles. The number of benzene rings is 1. The maximum absolute atomic E-state index is 12.4. The molecule has 1 aromatic carbocycles. The van der Waals surface area contributed by atoms with Crippen molar-refractivity contribution >= 4 is 12.4 Å². The summed E-state index contributed by atoms with van der Waals surface area (Å²) in [4.78, 5) is 2.06. The van der Waals surface area contributed by atoms with Crippen LogP contribution in [-0.4, -0.2) is 37.9 Å². The number of nitrogens with one attached hydrogen (secondary N) is 1. The molecule has 1 fully saturated rings. The van der Waals surface area contributed by atoms with E-state index in [9.17, 15) is 13.2 Å². The Hall–Kier alpha value is -0.980. The highest BCUT2D eigenvalue weighted by Gasteiger charge is 2.32. The predicted molar refractivity (Wildman–Crippen MR) is 82.3 cm³/mol. The zero-order valence-corrected chi connectivity index (χ0v) is 13.3. The Morgan fingerprint density at radius 2 is 1.86 bits per heavy atom. The Labute approximate surface area is 135 Å². The van der Waals surface area contributed by atoms with Gasteiger partial charge in [-0.2, -0.15) is 0 Å². The van der Waals surface area contributed by atoms with Crippen LogP contribution in [0.25, 0.3) is 0 Å². The Bertz CT molecular complexity index is 451. The number of ether oxygens (including phenoxy) is 1. The fourth-order valence-electron chi connectivity index (χ4n) is 2.72. The molecule has 0 saturated carbocycles. The van der Waals surface area contributed by atoms with E-state index in [4.69, 9.17) is 0 Å². The van der Waals surface area contributed by atoms with E-state index in [1.165, 1.54) is 6.07 Å². The average Bonchev–Trinajstić information content (AvgIpc) is 2.40. The zero-order valence-electron chi connectivity index (χ0n) is 12.5. The lowest BCUT2D eigenvalue weighted by Crippen LogP contribution is -2.34. The summed E-state index contributed by atoms with van der Waals surface area (Å²) in [6, 6.07) is 6.33. The van der Waals surface area contributed by atoms with Crippen LogP contribution in [0.4, 0.5) is 13.2 Å². The first kappa shape index (κ1) is 19.1. The number of rotatable bonds is 5. The van der Waals surface area contributed by atoms with Crippen LogP contribution in [-0.2, 0) is 6.54 Å². The van der Waals surface area contributed by atoms with Gasteiger partial charge in [-0.05, 0) is 45.0 Å². The molecule has 1 saturated heterocycles. The van der Waals surface area contributed by atoms with E-state index < -0.39 is 6.36 Å². The van der Waals surface area contributed by atoms with Crippen LogP contribution < -0.4 is 10.1 Å². The van der Waals surface area contributed by atoms with Crippen molar-refractivity contribution in [2.75, 3.05) is 26.7 Å². The van der Waals surface area contributed by atoms with E-state index in [1.807, 2.05) is 7.05 Å². The third kappa shape index (κ3) is 6.42. The lowest BCUT2D eigenvalue weighted by molar-refractivity contribution is -0.275. The molecule has 1 heterocycles. The first-order valence-corrected chi connectivity index (χ1v) is 7.17. The lowest BCUT2D eigenvalue weighted by Gasteiger charge is -2.28. The van der Waals surface area contributed by atoms with Gasteiger partial charge in [0.05, 0.1) is 0 Å². The number of hydrogen-bond donors (Lipinski definition) is 1. The zero-order chi connectivity index (χ0) is 15.3. The van der Waals surface area contributed by atoms with Gasteiger partial charge in [-0.1, -0.05) is 18.2 Å². The molecule has 0 radical (unpaired) electrons. The van der Waals surface area contributed by atoms with Gasteiger partial charge in [-0.3, -0.25) is 0 Å². The standard InChI is InChI=1S/C15H21F3N2O.ClH/c1-20(10-12-6-8-19-9-7-12)11-13-4-2-3-5-14(13)21-15(16,17)18;/h2-5,12,19H,6-11H2,1H3;1H. The van der Waals surface area contributed by atoms with Crippen LogP contribution in [0.5, 0.6) is 5.75 Å². The van der Waals surface area contributed by atoms with Crippen molar-refractivity contribution in [2.24, 2.45) is 5.92 Å². The summed E-state index contributed by atoms with van der Waals surface area (Å²) in [7, 11) is 1.94. The third-order valence-corrected chi connectivity index (χ3v) is 3.67. The van der Waals surface area contributed by atoms with E-state index in [1.54, 1.807) is 18.2 Å². The van der Waals surface area contributed by atoms with Crippen molar-refractivity contribution in [3.63, 3.8) is 0 Å². The van der Waals surface area contributed by atoms with Crippen molar-refractivity contribution < 1.29 is 17.9 Å². The van der Waals surface area contributed by atoms with Gasteiger partial charge in [0.1, 0.15) is 5.75 Å². The Morgan fingerprint density at radius 3 is 2.50 bits per heavy atom. The highest BCUT2D eigenvalue weighted by atomic mass is 35.5. The van der Waals surface area contributed by atoms with Crippen LogP contribution in [0.2, 0.25) is 0 Å². The largest absolute Gasteiger partial charge is 0.573 e. The minimum Gasteiger partial charge on any atom is -0.405 e. The van der Waals surface area contributed by atoms with Gasteiger partial charge in [0, 0.05) is 18.7 Å². The third-order valence-electron chi connectivity index (χ3n) is 3.67. The van der Waals surface area contributed by atoms with Crippen LogP contribution >= 0.6 is 12.4 Å². The van der Waals surface area contributed by atoms with Gasteiger partial charge in [-0.25, -0.2) is 0 Å². The molecule has 1 aliphatic rings. The summed E-state index contributed by atoms with van der Waals surface area (Å²) < 4.78 is 41.3. The summed E-state index contributed by atoms with van der Waals surface area (Å²) in [6.45, 7) is 3.39. The molecule has 3 nitrogen and oxygen atoms in total. The molecule has 126 valence electrons. The fraction of sp³-hybridized carbons (Fsp3) is 0.600. The molecule has 1 N–H and O–H groups in total. The van der Waals surface area contributed by atoms with Gasteiger partial charge in [0.25, 0.3) is 0 Å². The van der Waals surface area contributed by atoms with Crippen molar-refractivity contribution in [3.05, 3.63) is 29.8 Å². The number of para-hydroxylation sites is 1. The Kier molecular flexibility index (Phi) is 7.45. The number of piperidine rings is 1. The van der Waals surface area contributed by atoms with E-state index >= 15 is 0 Å². The number of hydrogen-bond acceptors (Lipinski definition) is 3. The summed E-state index contributed by atoms with van der Waals surface area (Å²) >= 11 is 0. The van der Waals surface area contributed by atoms with Crippen LogP contribution in [0.1, 0.15) is 18.4 Å². The number of nitrogens with zero attached hydrogens (tertiary/aromatic N) is 1. The van der Waals surface area contributed by atoms with Crippen LogP contribution in [0, 0.1) is 5.92 Å². The molecule has 0 atom stereocenters. The molecule has 0 spiro atoms. The maximum Gasteiger partial charge on any atom is 0.573 e. The normalized spacial score (nSPS) is 16.4. The fourth-order valence-corrected chi connectivity index (χ4v) is 2.72. The van der Waals surface area contributed by atoms with Gasteiger partial charge in [0.2, 0.25) is 0 Å². The van der Waals surface area contributed by atoms with Crippen LogP contribution in [0.3, 0.4) is 0 Å². The monoisotopic (exact) mass is 338 g/mol. The highest BCUT2D eigenvalue weighted by molar-refractivity contribution is 5.85. The smallest absolute Gasteiger partial charge is 0.405 e. The minimum absolute atomic E-state index is 0. The molecule has 1 aromatic rings. The molecule has 1 aliphatic heterocycles. The lowest BCUT2D eigenvalue weighted by atomic mass is 9.97. The first-order valence-electron chi connectivity index (χ1n) is 7.17. The quantitative estimate of drug-likeness (QED) is 0.890. The second-order valence-corrected chi connectivity index (χ2v) is 5.55. The minimum atomic E-state index is -4.65. The predicted octanol–water partition coefficient (Wildman–Crippen LogP) is 3.44. The van der Waals surface area contributed by atoms with Gasteiger partial charge in [-0.15, -0.1) is 25.6 Å². The number of halogens is 4. The van der Waals surface area contributed by atoms with Crippen LogP contribution in [0.15, 0.2) is 24.3 Å². The van der Waals surface area contributed by atoms with Gasteiger partial charge >= 0.3 is 6.36 Å².